The van der Waals surface area contributed by atoms with Gasteiger partial charge in [0.15, 0.2) is 5.78 Å². The quantitative estimate of drug-likeness (QED) is 0.299. The molecule has 6 nitrogen and oxygen atoms in total. The summed E-state index contributed by atoms with van der Waals surface area (Å²) in [6, 6.07) is 11.4. The molecule has 0 saturated heterocycles. The summed E-state index contributed by atoms with van der Waals surface area (Å²) in [6.45, 7) is 6.39. The van der Waals surface area contributed by atoms with Crippen LogP contribution in [-0.4, -0.2) is 30.9 Å². The molecule has 0 aliphatic carbocycles. The number of alkyl halides is 3. The van der Waals surface area contributed by atoms with Gasteiger partial charge >= 0.3 is 18.1 Å². The van der Waals surface area contributed by atoms with Crippen LogP contribution in [0.25, 0.3) is 0 Å². The summed E-state index contributed by atoms with van der Waals surface area (Å²) < 4.78 is 52.6. The predicted octanol–water partition coefficient (Wildman–Crippen LogP) is 5.48. The number of allylic oxidation sites excluding steroid dienone is 2. The van der Waals surface area contributed by atoms with Gasteiger partial charge in [-0.2, -0.15) is 13.2 Å². The molecule has 0 bridgehead atoms. The van der Waals surface area contributed by atoms with Gasteiger partial charge in [0.1, 0.15) is 5.92 Å². The maximum absolute atomic E-state index is 14.1. The molecule has 2 aromatic rings. The fourth-order valence-electron chi connectivity index (χ4n) is 4.35. The van der Waals surface area contributed by atoms with Crippen LogP contribution in [0.15, 0.2) is 71.6 Å². The van der Waals surface area contributed by atoms with E-state index in [1.807, 2.05) is 6.92 Å². The van der Waals surface area contributed by atoms with E-state index in [4.69, 9.17) is 9.47 Å². The topological polar surface area (TPSA) is 81.7 Å². The Morgan fingerprint density at radius 1 is 0.946 bits per heavy atom. The monoisotopic (exact) mass is 515 g/mol. The first kappa shape index (κ1) is 27.7. The summed E-state index contributed by atoms with van der Waals surface area (Å²) in [7, 11) is 0. The van der Waals surface area contributed by atoms with Crippen molar-refractivity contribution in [2.24, 2.45) is 5.92 Å². The van der Waals surface area contributed by atoms with Crippen molar-refractivity contribution >= 4 is 17.7 Å². The van der Waals surface area contributed by atoms with Crippen LogP contribution in [0.3, 0.4) is 0 Å². The Hall–Kier alpha value is -3.88. The second kappa shape index (κ2) is 11.5. The summed E-state index contributed by atoms with van der Waals surface area (Å²) in [5.74, 6) is -5.08. The van der Waals surface area contributed by atoms with E-state index >= 15 is 0 Å². The second-order valence-corrected chi connectivity index (χ2v) is 8.51. The first-order valence-corrected chi connectivity index (χ1v) is 11.8. The summed E-state index contributed by atoms with van der Waals surface area (Å²) in [5.41, 5.74) is 0.0105. The van der Waals surface area contributed by atoms with Crippen molar-refractivity contribution in [3.63, 3.8) is 0 Å². The lowest BCUT2D eigenvalue weighted by molar-refractivity contribution is -0.149. The van der Waals surface area contributed by atoms with E-state index in [9.17, 15) is 27.6 Å². The van der Waals surface area contributed by atoms with E-state index in [1.54, 1.807) is 38.1 Å². The number of hydrogen-bond acceptors (Lipinski definition) is 6. The molecule has 1 aliphatic rings. The minimum Gasteiger partial charge on any atom is -0.465 e. The number of ether oxygens (including phenoxy) is 2. The maximum atomic E-state index is 14.1. The van der Waals surface area contributed by atoms with Crippen molar-refractivity contribution in [1.82, 2.24) is 5.32 Å². The van der Waals surface area contributed by atoms with Crippen LogP contribution in [0.5, 0.6) is 0 Å². The highest BCUT2D eigenvalue weighted by Gasteiger charge is 2.47. The Bertz CT molecular complexity index is 1250. The molecule has 0 radical (unpaired) electrons. The Balaban J connectivity index is 2.29. The molecular formula is C28H28F3NO5. The number of ketones is 1. The van der Waals surface area contributed by atoms with Gasteiger partial charge in [0.2, 0.25) is 0 Å². The summed E-state index contributed by atoms with van der Waals surface area (Å²) in [4.78, 5) is 39.4. The summed E-state index contributed by atoms with van der Waals surface area (Å²) in [6.07, 6.45) is -3.60. The fraction of sp³-hybridized carbons (Fsp3) is 0.321. The number of esters is 2. The first-order valence-electron chi connectivity index (χ1n) is 11.8. The lowest BCUT2D eigenvalue weighted by Crippen LogP contribution is -2.41. The largest absolute Gasteiger partial charge is 0.465 e. The van der Waals surface area contributed by atoms with Crippen LogP contribution in [0, 0.1) is 12.8 Å². The van der Waals surface area contributed by atoms with Gasteiger partial charge in [-0.05, 0) is 39.3 Å². The molecule has 0 spiro atoms. The lowest BCUT2D eigenvalue weighted by atomic mass is 9.73. The van der Waals surface area contributed by atoms with Crippen molar-refractivity contribution in [1.29, 1.82) is 0 Å². The number of hydrogen-bond donors (Lipinski definition) is 1. The third-order valence-electron chi connectivity index (χ3n) is 5.98. The smallest absolute Gasteiger partial charge is 0.416 e. The second-order valence-electron chi connectivity index (χ2n) is 8.51. The molecule has 9 heteroatoms. The van der Waals surface area contributed by atoms with Gasteiger partial charge in [0.25, 0.3) is 0 Å². The zero-order valence-electron chi connectivity index (χ0n) is 20.9. The predicted molar refractivity (Wildman–Crippen MR) is 130 cm³/mol. The van der Waals surface area contributed by atoms with E-state index in [0.717, 1.165) is 11.6 Å². The summed E-state index contributed by atoms with van der Waals surface area (Å²) >= 11 is 0. The number of carbonyl (C=O) groups excluding carboxylic acids is 3. The minimum atomic E-state index is -4.77. The van der Waals surface area contributed by atoms with E-state index in [0.29, 0.717) is 5.56 Å². The van der Waals surface area contributed by atoms with E-state index in [2.05, 4.69) is 5.32 Å². The normalized spacial score (nSPS) is 18.8. The van der Waals surface area contributed by atoms with Crippen LogP contribution in [-0.2, 0) is 25.2 Å². The van der Waals surface area contributed by atoms with E-state index in [-0.39, 0.29) is 35.7 Å². The van der Waals surface area contributed by atoms with Crippen molar-refractivity contribution in [2.75, 3.05) is 13.2 Å². The molecule has 2 aromatic carbocycles. The molecule has 3 rings (SSSR count). The fourth-order valence-corrected chi connectivity index (χ4v) is 4.35. The van der Waals surface area contributed by atoms with Crippen LogP contribution in [0.2, 0.25) is 0 Å². The maximum Gasteiger partial charge on any atom is 0.416 e. The Kier molecular flexibility index (Phi) is 8.57. The third kappa shape index (κ3) is 6.10. The van der Waals surface area contributed by atoms with Crippen LogP contribution in [0.1, 0.15) is 53.7 Å². The molecule has 2 atom stereocenters. The van der Waals surface area contributed by atoms with Crippen LogP contribution in [0.4, 0.5) is 13.2 Å². The molecule has 0 amide bonds. The average Bonchev–Trinajstić information content (AvgIpc) is 2.83. The van der Waals surface area contributed by atoms with Gasteiger partial charge in [-0.3, -0.25) is 9.59 Å². The van der Waals surface area contributed by atoms with Gasteiger partial charge in [-0.1, -0.05) is 48.0 Å². The van der Waals surface area contributed by atoms with Crippen molar-refractivity contribution in [3.8, 4) is 0 Å². The van der Waals surface area contributed by atoms with Gasteiger partial charge in [0.05, 0.1) is 24.4 Å². The molecule has 0 aromatic heterocycles. The minimum absolute atomic E-state index is 0.0246. The molecule has 0 unspecified atom stereocenters. The molecule has 1 N–H and O–H groups in total. The van der Waals surface area contributed by atoms with Crippen molar-refractivity contribution in [2.45, 2.75) is 39.8 Å². The van der Waals surface area contributed by atoms with Gasteiger partial charge in [-0.15, -0.1) is 0 Å². The first-order chi connectivity index (χ1) is 17.5. The van der Waals surface area contributed by atoms with Crippen molar-refractivity contribution < 1.29 is 37.0 Å². The van der Waals surface area contributed by atoms with Crippen LogP contribution < -0.4 is 5.32 Å². The number of carbonyl (C=O) groups is 3. The highest BCUT2D eigenvalue weighted by molar-refractivity contribution is 6.05. The standard InChI is InChI=1S/C28H28F3NO5/c1-5-36-26(34)23-17(4)32-21(15-22(33)18-13-11-16(3)12-14-18)25(27(35)37-6-2)24(23)19-9-7-8-10-20(19)28(29,30)31/h7-15,24-25,32H,5-6H2,1-4H3/b21-15-/t24-,25-/m0/s1. The number of rotatable bonds is 7. The zero-order valence-corrected chi connectivity index (χ0v) is 20.9. The summed E-state index contributed by atoms with van der Waals surface area (Å²) in [5, 5.41) is 2.90. The third-order valence-corrected chi connectivity index (χ3v) is 5.98. The Morgan fingerprint density at radius 2 is 1.57 bits per heavy atom. The molecule has 0 fully saturated rings. The molecule has 1 aliphatic heterocycles. The molecule has 0 saturated carbocycles. The molecule has 196 valence electrons. The average molecular weight is 516 g/mol. The number of nitrogens with one attached hydrogen (secondary N) is 1. The molecule has 1 heterocycles. The van der Waals surface area contributed by atoms with Gasteiger partial charge in [0, 0.05) is 29.0 Å². The lowest BCUT2D eigenvalue weighted by Gasteiger charge is -2.36. The zero-order chi connectivity index (χ0) is 27.3. The van der Waals surface area contributed by atoms with Gasteiger partial charge < -0.3 is 14.8 Å². The number of aryl methyl sites for hydroxylation is 1. The molecular weight excluding hydrogens is 487 g/mol. The van der Waals surface area contributed by atoms with E-state index < -0.39 is 41.3 Å². The number of halogens is 3. The van der Waals surface area contributed by atoms with Gasteiger partial charge in [-0.25, -0.2) is 4.79 Å². The van der Waals surface area contributed by atoms with Crippen molar-refractivity contribution in [3.05, 3.63) is 93.8 Å². The van der Waals surface area contributed by atoms with E-state index in [1.165, 1.54) is 31.2 Å². The molecule has 37 heavy (non-hydrogen) atoms. The Morgan fingerprint density at radius 3 is 2.16 bits per heavy atom. The SMILES string of the molecule is CCOC(=O)C1=C(C)N/C(=C\C(=O)c2ccc(C)cc2)[C@H](C(=O)OCC)[C@H]1c1ccccc1C(F)(F)F. The highest BCUT2D eigenvalue weighted by Crippen LogP contribution is 2.46. The Labute approximate surface area is 213 Å². The highest BCUT2D eigenvalue weighted by atomic mass is 19.4. The van der Waals surface area contributed by atoms with Crippen LogP contribution >= 0.6 is 0 Å². The number of benzene rings is 2.